The fourth-order valence-corrected chi connectivity index (χ4v) is 3.57. The van der Waals surface area contributed by atoms with E-state index < -0.39 is 0 Å². The van der Waals surface area contributed by atoms with Crippen LogP contribution in [0.2, 0.25) is 0 Å². The summed E-state index contributed by atoms with van der Waals surface area (Å²) in [6.07, 6.45) is 5.07. The highest BCUT2D eigenvalue weighted by Crippen LogP contribution is 2.20. The van der Waals surface area contributed by atoms with E-state index in [2.05, 4.69) is 9.88 Å². The molecule has 0 atom stereocenters. The summed E-state index contributed by atoms with van der Waals surface area (Å²) in [5.74, 6) is 0.899. The molecular formula is C24H24FN3O2. The summed E-state index contributed by atoms with van der Waals surface area (Å²) >= 11 is 0. The molecule has 0 fully saturated rings. The number of benzene rings is 2. The van der Waals surface area contributed by atoms with Crippen LogP contribution >= 0.6 is 0 Å². The van der Waals surface area contributed by atoms with Crippen molar-refractivity contribution in [3.05, 3.63) is 89.9 Å². The first-order chi connectivity index (χ1) is 14.7. The maximum atomic E-state index is 14.2. The molecule has 0 aliphatic heterocycles. The van der Waals surface area contributed by atoms with Crippen LogP contribution in [0.3, 0.4) is 0 Å². The second kappa shape index (κ2) is 9.39. The minimum Gasteiger partial charge on any atom is -0.459 e. The van der Waals surface area contributed by atoms with Crippen LogP contribution in [-0.4, -0.2) is 22.0 Å². The number of nitrogens with one attached hydrogen (secondary N) is 1. The van der Waals surface area contributed by atoms with E-state index >= 15 is 0 Å². The number of para-hydroxylation sites is 2. The number of halogens is 1. The molecule has 30 heavy (non-hydrogen) atoms. The minimum atomic E-state index is -0.200. The van der Waals surface area contributed by atoms with Crippen molar-refractivity contribution in [1.82, 2.24) is 14.9 Å². The molecule has 2 aromatic heterocycles. The summed E-state index contributed by atoms with van der Waals surface area (Å²) in [5.41, 5.74) is 2.60. The Balaban J connectivity index is 1.35. The smallest absolute Gasteiger partial charge is 0.286 e. The molecule has 1 amide bonds. The highest BCUT2D eigenvalue weighted by Gasteiger charge is 2.12. The van der Waals surface area contributed by atoms with Crippen molar-refractivity contribution in [3.8, 4) is 0 Å². The maximum Gasteiger partial charge on any atom is 0.286 e. The molecular weight excluding hydrogens is 381 g/mol. The Hall–Kier alpha value is -3.41. The number of fused-ring (bicyclic) bond motifs is 1. The third kappa shape index (κ3) is 4.59. The van der Waals surface area contributed by atoms with Crippen molar-refractivity contribution in [2.45, 2.75) is 32.2 Å². The van der Waals surface area contributed by atoms with Crippen LogP contribution < -0.4 is 5.32 Å². The Kier molecular flexibility index (Phi) is 6.23. The van der Waals surface area contributed by atoms with Gasteiger partial charge in [0.1, 0.15) is 11.6 Å². The van der Waals surface area contributed by atoms with E-state index in [1.165, 1.54) is 12.3 Å². The van der Waals surface area contributed by atoms with Crippen LogP contribution in [0, 0.1) is 5.82 Å². The van der Waals surface area contributed by atoms with Crippen LogP contribution in [0.25, 0.3) is 11.0 Å². The monoisotopic (exact) mass is 405 g/mol. The molecule has 4 aromatic rings. The second-order valence-electron chi connectivity index (χ2n) is 7.24. The van der Waals surface area contributed by atoms with E-state index in [4.69, 9.17) is 9.40 Å². The second-order valence-corrected chi connectivity index (χ2v) is 7.24. The van der Waals surface area contributed by atoms with Gasteiger partial charge in [-0.2, -0.15) is 0 Å². The molecule has 0 saturated carbocycles. The Bertz CT molecular complexity index is 1120. The van der Waals surface area contributed by atoms with Crippen LogP contribution in [0.1, 0.15) is 41.2 Å². The molecule has 0 radical (unpaired) electrons. The number of unbranched alkanes of at least 4 members (excludes halogenated alkanes) is 2. The molecule has 154 valence electrons. The van der Waals surface area contributed by atoms with Gasteiger partial charge in [0.05, 0.1) is 23.8 Å². The molecule has 0 spiro atoms. The molecule has 0 saturated heterocycles. The van der Waals surface area contributed by atoms with Gasteiger partial charge in [-0.3, -0.25) is 4.79 Å². The first-order valence-corrected chi connectivity index (χ1v) is 10.2. The number of amides is 1. The van der Waals surface area contributed by atoms with Crippen molar-refractivity contribution in [3.63, 3.8) is 0 Å². The normalized spacial score (nSPS) is 11.1. The lowest BCUT2D eigenvalue weighted by atomic mass is 10.1. The standard InChI is InChI=1S/C24H24FN3O2/c25-19-10-4-3-9-18(19)17-28-21-12-6-5-11-20(21)27-23(28)14-2-1-7-15-26-24(29)22-13-8-16-30-22/h3-6,8-13,16H,1-2,7,14-15,17H2,(H,26,29). The Morgan fingerprint density at radius 3 is 2.67 bits per heavy atom. The van der Waals surface area contributed by atoms with Crippen molar-refractivity contribution in [2.75, 3.05) is 6.54 Å². The zero-order valence-electron chi connectivity index (χ0n) is 16.7. The summed E-state index contributed by atoms with van der Waals surface area (Å²) in [6.45, 7) is 1.06. The van der Waals surface area contributed by atoms with Gasteiger partial charge in [0.25, 0.3) is 5.91 Å². The number of aromatic nitrogens is 2. The van der Waals surface area contributed by atoms with Crippen LogP contribution in [0.4, 0.5) is 4.39 Å². The number of carbonyl (C=O) groups is 1. The van der Waals surface area contributed by atoms with Gasteiger partial charge in [0.15, 0.2) is 5.76 Å². The molecule has 0 aliphatic carbocycles. The van der Waals surface area contributed by atoms with Crippen LogP contribution in [0.15, 0.2) is 71.3 Å². The third-order valence-corrected chi connectivity index (χ3v) is 5.13. The number of carbonyl (C=O) groups excluding carboxylic acids is 1. The van der Waals surface area contributed by atoms with E-state index in [1.807, 2.05) is 36.4 Å². The van der Waals surface area contributed by atoms with Gasteiger partial charge in [0.2, 0.25) is 0 Å². The van der Waals surface area contributed by atoms with E-state index in [0.717, 1.165) is 42.5 Å². The summed E-state index contributed by atoms with van der Waals surface area (Å²) in [6, 6.07) is 18.2. The van der Waals surface area contributed by atoms with Gasteiger partial charge in [-0.1, -0.05) is 36.8 Å². The summed E-state index contributed by atoms with van der Waals surface area (Å²) in [7, 11) is 0. The Labute approximate surface area is 174 Å². The average Bonchev–Trinajstić information content (AvgIpc) is 3.41. The predicted octanol–water partition coefficient (Wildman–Crippen LogP) is 4.96. The lowest BCUT2D eigenvalue weighted by Crippen LogP contribution is -2.23. The molecule has 0 bridgehead atoms. The first kappa shape index (κ1) is 19.9. The number of hydrogen-bond donors (Lipinski definition) is 1. The maximum absolute atomic E-state index is 14.2. The fourth-order valence-electron chi connectivity index (χ4n) is 3.57. The van der Waals surface area contributed by atoms with Crippen molar-refractivity contribution < 1.29 is 13.6 Å². The largest absolute Gasteiger partial charge is 0.459 e. The van der Waals surface area contributed by atoms with Gasteiger partial charge >= 0.3 is 0 Å². The highest BCUT2D eigenvalue weighted by molar-refractivity contribution is 5.91. The van der Waals surface area contributed by atoms with Gasteiger partial charge in [-0.05, 0) is 43.2 Å². The minimum absolute atomic E-state index is 0.188. The van der Waals surface area contributed by atoms with Crippen LogP contribution in [-0.2, 0) is 13.0 Å². The first-order valence-electron chi connectivity index (χ1n) is 10.2. The van der Waals surface area contributed by atoms with Crippen molar-refractivity contribution in [2.24, 2.45) is 0 Å². The quantitative estimate of drug-likeness (QED) is 0.401. The van der Waals surface area contributed by atoms with Gasteiger partial charge in [-0.15, -0.1) is 0 Å². The molecule has 0 aliphatic rings. The lowest BCUT2D eigenvalue weighted by molar-refractivity contribution is 0.0925. The van der Waals surface area contributed by atoms with Crippen molar-refractivity contribution >= 4 is 16.9 Å². The molecule has 0 unspecified atom stereocenters. The van der Waals surface area contributed by atoms with Crippen LogP contribution in [0.5, 0.6) is 0 Å². The SMILES string of the molecule is O=C(NCCCCCc1nc2ccccc2n1Cc1ccccc1F)c1ccco1. The number of aryl methyl sites for hydroxylation is 1. The number of furan rings is 1. The van der Waals surface area contributed by atoms with Gasteiger partial charge in [0, 0.05) is 18.5 Å². The van der Waals surface area contributed by atoms with Gasteiger partial charge < -0.3 is 14.3 Å². The molecule has 5 nitrogen and oxygen atoms in total. The highest BCUT2D eigenvalue weighted by atomic mass is 19.1. The molecule has 2 heterocycles. The van der Waals surface area contributed by atoms with E-state index in [9.17, 15) is 9.18 Å². The molecule has 1 N–H and O–H groups in total. The van der Waals surface area contributed by atoms with E-state index in [1.54, 1.807) is 18.2 Å². The Morgan fingerprint density at radius 1 is 1.00 bits per heavy atom. The predicted molar refractivity (Wildman–Crippen MR) is 114 cm³/mol. The van der Waals surface area contributed by atoms with Gasteiger partial charge in [-0.25, -0.2) is 9.37 Å². The lowest BCUT2D eigenvalue weighted by Gasteiger charge is -2.10. The zero-order chi connectivity index (χ0) is 20.8. The number of hydrogen-bond acceptors (Lipinski definition) is 3. The van der Waals surface area contributed by atoms with E-state index in [0.29, 0.717) is 24.4 Å². The molecule has 2 aromatic carbocycles. The number of rotatable bonds is 9. The molecule has 6 heteroatoms. The average molecular weight is 405 g/mol. The summed E-state index contributed by atoms with van der Waals surface area (Å²) in [5, 5.41) is 2.86. The molecule has 4 rings (SSSR count). The third-order valence-electron chi connectivity index (χ3n) is 5.13. The van der Waals surface area contributed by atoms with Crippen molar-refractivity contribution in [1.29, 1.82) is 0 Å². The summed E-state index contributed by atoms with van der Waals surface area (Å²) < 4.78 is 21.4. The topological polar surface area (TPSA) is 60.1 Å². The number of imidazole rings is 1. The Morgan fingerprint density at radius 2 is 1.83 bits per heavy atom. The summed E-state index contributed by atoms with van der Waals surface area (Å²) in [4.78, 5) is 16.6. The fraction of sp³-hybridized carbons (Fsp3) is 0.250. The van der Waals surface area contributed by atoms with E-state index in [-0.39, 0.29) is 11.7 Å². The zero-order valence-corrected chi connectivity index (χ0v) is 16.7. The number of nitrogens with zero attached hydrogens (tertiary/aromatic N) is 2.